The SMILES string of the molecule is CCNC(=NCCCCSC)NC1CCN(Cc2ccccc2)C(C)C1.I. The van der Waals surface area contributed by atoms with Crippen LogP contribution in [-0.2, 0) is 6.54 Å². The van der Waals surface area contributed by atoms with Crippen molar-refractivity contribution in [2.24, 2.45) is 4.99 Å². The van der Waals surface area contributed by atoms with E-state index >= 15 is 0 Å². The predicted molar refractivity (Wildman–Crippen MR) is 131 cm³/mol. The topological polar surface area (TPSA) is 39.7 Å². The van der Waals surface area contributed by atoms with E-state index in [-0.39, 0.29) is 24.0 Å². The fourth-order valence-electron chi connectivity index (χ4n) is 3.47. The maximum absolute atomic E-state index is 4.76. The first kappa shape index (κ1) is 24.6. The van der Waals surface area contributed by atoms with Crippen molar-refractivity contribution in [2.75, 3.05) is 31.6 Å². The highest BCUT2D eigenvalue weighted by Gasteiger charge is 2.25. The van der Waals surface area contributed by atoms with Crippen LogP contribution in [0.5, 0.6) is 0 Å². The lowest BCUT2D eigenvalue weighted by Gasteiger charge is -2.38. The molecule has 154 valence electrons. The van der Waals surface area contributed by atoms with Gasteiger partial charge in [0.1, 0.15) is 0 Å². The number of thioether (sulfide) groups is 1. The van der Waals surface area contributed by atoms with Crippen LogP contribution in [0.1, 0.15) is 45.1 Å². The van der Waals surface area contributed by atoms with Gasteiger partial charge in [0.15, 0.2) is 5.96 Å². The Balaban J connectivity index is 0.00000364. The minimum atomic E-state index is 0. The highest BCUT2D eigenvalue weighted by atomic mass is 127. The number of unbranched alkanes of at least 4 members (excludes halogenated alkanes) is 1. The zero-order chi connectivity index (χ0) is 18.6. The van der Waals surface area contributed by atoms with Gasteiger partial charge in [0.2, 0.25) is 0 Å². The normalized spacial score (nSPS) is 20.8. The minimum Gasteiger partial charge on any atom is -0.357 e. The second kappa shape index (κ2) is 14.5. The van der Waals surface area contributed by atoms with Crippen LogP contribution < -0.4 is 10.6 Å². The van der Waals surface area contributed by atoms with Gasteiger partial charge in [-0.15, -0.1) is 24.0 Å². The molecule has 0 aliphatic carbocycles. The van der Waals surface area contributed by atoms with Crippen molar-refractivity contribution in [2.45, 2.75) is 58.2 Å². The van der Waals surface area contributed by atoms with E-state index in [4.69, 9.17) is 4.99 Å². The van der Waals surface area contributed by atoms with Crippen molar-refractivity contribution in [3.05, 3.63) is 35.9 Å². The Hall–Kier alpha value is -0.470. The van der Waals surface area contributed by atoms with Gasteiger partial charge in [0.05, 0.1) is 0 Å². The summed E-state index contributed by atoms with van der Waals surface area (Å²) >= 11 is 1.92. The Kier molecular flexibility index (Phi) is 13.2. The number of halogens is 1. The third kappa shape index (κ3) is 9.52. The van der Waals surface area contributed by atoms with E-state index in [2.05, 4.69) is 66.0 Å². The molecule has 0 spiro atoms. The molecule has 1 heterocycles. The van der Waals surface area contributed by atoms with E-state index in [1.807, 2.05) is 11.8 Å². The van der Waals surface area contributed by atoms with Gasteiger partial charge in [-0.25, -0.2) is 0 Å². The first-order valence-electron chi connectivity index (χ1n) is 10.0. The van der Waals surface area contributed by atoms with E-state index in [0.717, 1.165) is 32.1 Å². The van der Waals surface area contributed by atoms with E-state index in [0.29, 0.717) is 12.1 Å². The second-order valence-corrected chi connectivity index (χ2v) is 8.12. The van der Waals surface area contributed by atoms with Gasteiger partial charge < -0.3 is 10.6 Å². The lowest BCUT2D eigenvalue weighted by molar-refractivity contribution is 0.134. The highest BCUT2D eigenvalue weighted by Crippen LogP contribution is 2.19. The van der Waals surface area contributed by atoms with Crippen LogP contribution in [0.4, 0.5) is 0 Å². The van der Waals surface area contributed by atoms with Gasteiger partial charge in [-0.1, -0.05) is 30.3 Å². The molecule has 2 unspecified atom stereocenters. The zero-order valence-corrected chi connectivity index (χ0v) is 20.3. The molecule has 2 atom stereocenters. The van der Waals surface area contributed by atoms with E-state index in [1.165, 1.54) is 37.0 Å². The number of hydrogen-bond donors (Lipinski definition) is 2. The third-order valence-electron chi connectivity index (χ3n) is 4.95. The molecule has 1 aromatic rings. The van der Waals surface area contributed by atoms with E-state index < -0.39 is 0 Å². The number of nitrogens with one attached hydrogen (secondary N) is 2. The molecule has 2 N–H and O–H groups in total. The lowest BCUT2D eigenvalue weighted by Crippen LogP contribution is -2.51. The average molecular weight is 505 g/mol. The molecular weight excluding hydrogens is 467 g/mol. The monoisotopic (exact) mass is 504 g/mol. The minimum absolute atomic E-state index is 0. The first-order chi connectivity index (χ1) is 12.7. The summed E-state index contributed by atoms with van der Waals surface area (Å²) in [4.78, 5) is 7.36. The van der Waals surface area contributed by atoms with E-state index in [9.17, 15) is 0 Å². The van der Waals surface area contributed by atoms with Crippen molar-refractivity contribution < 1.29 is 0 Å². The van der Waals surface area contributed by atoms with Crippen molar-refractivity contribution in [3.63, 3.8) is 0 Å². The van der Waals surface area contributed by atoms with Crippen molar-refractivity contribution in [1.29, 1.82) is 0 Å². The molecule has 1 aliphatic heterocycles. The molecular formula is C21H37IN4S. The molecule has 4 nitrogen and oxygen atoms in total. The quantitative estimate of drug-likeness (QED) is 0.227. The van der Waals surface area contributed by atoms with Gasteiger partial charge in [-0.05, 0) is 57.1 Å². The van der Waals surface area contributed by atoms with Crippen molar-refractivity contribution >= 4 is 41.7 Å². The molecule has 0 amide bonds. The first-order valence-corrected chi connectivity index (χ1v) is 11.4. The van der Waals surface area contributed by atoms with Crippen molar-refractivity contribution in [3.8, 4) is 0 Å². The van der Waals surface area contributed by atoms with Crippen LogP contribution in [0.25, 0.3) is 0 Å². The number of rotatable bonds is 9. The molecule has 1 saturated heterocycles. The standard InChI is InChI=1S/C21H36N4S.HI/c1-4-22-21(23-13-8-9-15-26-3)24-20-12-14-25(18(2)16-20)17-19-10-6-5-7-11-19;/h5-7,10-11,18,20H,4,8-9,12-17H2,1-3H3,(H2,22,23,24);1H. The Bertz CT molecular complexity index is 526. The number of likely N-dealkylation sites (tertiary alicyclic amines) is 1. The number of benzene rings is 1. The molecule has 0 radical (unpaired) electrons. The van der Waals surface area contributed by atoms with E-state index in [1.54, 1.807) is 0 Å². The smallest absolute Gasteiger partial charge is 0.191 e. The van der Waals surface area contributed by atoms with Gasteiger partial charge in [-0.2, -0.15) is 11.8 Å². The molecule has 27 heavy (non-hydrogen) atoms. The summed E-state index contributed by atoms with van der Waals surface area (Å²) in [5.74, 6) is 2.22. The Morgan fingerprint density at radius 3 is 2.70 bits per heavy atom. The summed E-state index contributed by atoms with van der Waals surface area (Å²) in [6.45, 7) is 8.51. The maximum Gasteiger partial charge on any atom is 0.191 e. The second-order valence-electron chi connectivity index (χ2n) is 7.13. The van der Waals surface area contributed by atoms with Crippen LogP contribution in [0.2, 0.25) is 0 Å². The van der Waals surface area contributed by atoms with Crippen LogP contribution in [-0.4, -0.2) is 54.6 Å². The largest absolute Gasteiger partial charge is 0.357 e. The summed E-state index contributed by atoms with van der Waals surface area (Å²) < 4.78 is 0. The zero-order valence-electron chi connectivity index (χ0n) is 17.1. The molecule has 0 bridgehead atoms. The van der Waals surface area contributed by atoms with Crippen LogP contribution >= 0.6 is 35.7 Å². The fraction of sp³-hybridized carbons (Fsp3) is 0.667. The Morgan fingerprint density at radius 1 is 1.26 bits per heavy atom. The fourth-order valence-corrected chi connectivity index (χ4v) is 3.96. The maximum atomic E-state index is 4.76. The lowest BCUT2D eigenvalue weighted by atomic mass is 9.97. The summed E-state index contributed by atoms with van der Waals surface area (Å²) in [5.41, 5.74) is 1.41. The molecule has 6 heteroatoms. The van der Waals surface area contributed by atoms with Gasteiger partial charge in [0.25, 0.3) is 0 Å². The Labute approximate surface area is 187 Å². The summed E-state index contributed by atoms with van der Waals surface area (Å²) in [7, 11) is 0. The predicted octanol–water partition coefficient (Wildman–Crippen LogP) is 4.36. The highest BCUT2D eigenvalue weighted by molar-refractivity contribution is 14.0. The summed E-state index contributed by atoms with van der Waals surface area (Å²) in [5, 5.41) is 7.08. The van der Waals surface area contributed by atoms with Crippen LogP contribution in [0.15, 0.2) is 35.3 Å². The number of guanidine groups is 1. The van der Waals surface area contributed by atoms with Crippen molar-refractivity contribution in [1.82, 2.24) is 15.5 Å². The number of aliphatic imine (C=N–C) groups is 1. The molecule has 1 fully saturated rings. The summed E-state index contributed by atoms with van der Waals surface area (Å²) in [6.07, 6.45) is 6.93. The van der Waals surface area contributed by atoms with Crippen LogP contribution in [0.3, 0.4) is 0 Å². The molecule has 0 saturated carbocycles. The molecule has 1 aromatic carbocycles. The molecule has 1 aliphatic rings. The van der Waals surface area contributed by atoms with Crippen LogP contribution in [0, 0.1) is 0 Å². The molecule has 0 aromatic heterocycles. The third-order valence-corrected chi connectivity index (χ3v) is 5.65. The summed E-state index contributed by atoms with van der Waals surface area (Å²) in [6, 6.07) is 11.9. The average Bonchev–Trinajstić information content (AvgIpc) is 2.65. The molecule has 2 rings (SSSR count). The Morgan fingerprint density at radius 2 is 2.04 bits per heavy atom. The van der Waals surface area contributed by atoms with Gasteiger partial charge in [-0.3, -0.25) is 9.89 Å². The van der Waals surface area contributed by atoms with Gasteiger partial charge >= 0.3 is 0 Å². The number of hydrogen-bond acceptors (Lipinski definition) is 3. The number of nitrogens with zero attached hydrogens (tertiary/aromatic N) is 2. The number of piperidine rings is 1. The van der Waals surface area contributed by atoms with Gasteiger partial charge in [0, 0.05) is 38.3 Å².